The van der Waals surface area contributed by atoms with Crippen LogP contribution in [0.5, 0.6) is 11.6 Å². The summed E-state index contributed by atoms with van der Waals surface area (Å²) in [6.07, 6.45) is 1.42. The molecule has 18 heavy (non-hydrogen) atoms. The molecule has 0 unspecified atom stereocenters. The van der Waals surface area contributed by atoms with Gasteiger partial charge in [-0.25, -0.2) is 13.8 Å². The molecule has 0 aliphatic carbocycles. The zero-order valence-electron chi connectivity index (χ0n) is 9.15. The molecule has 92 valence electrons. The van der Waals surface area contributed by atoms with Crippen LogP contribution in [0, 0.1) is 17.0 Å². The Balaban J connectivity index is 2.37. The average molecular weight is 249 g/mol. The maximum atomic E-state index is 13.4. The largest absolute Gasteiger partial charge is 0.435 e. The first kappa shape index (κ1) is 12.0. The minimum atomic E-state index is -0.852. The van der Waals surface area contributed by atoms with Crippen LogP contribution in [-0.2, 0) is 0 Å². The van der Waals surface area contributed by atoms with Crippen molar-refractivity contribution < 1.29 is 13.5 Å². The molecular formula is C12H9F2N3O. The van der Waals surface area contributed by atoms with Gasteiger partial charge in [0.05, 0.1) is 5.56 Å². The van der Waals surface area contributed by atoms with Crippen molar-refractivity contribution in [2.45, 2.75) is 0 Å². The SMILES string of the molecule is N=C(N)c1cccnc1Oc1ccc(F)cc1F. The number of nitrogen functional groups attached to an aromatic ring is 1. The number of nitrogens with one attached hydrogen (secondary N) is 1. The van der Waals surface area contributed by atoms with Crippen LogP contribution in [0.4, 0.5) is 8.78 Å². The molecule has 1 heterocycles. The summed E-state index contributed by atoms with van der Waals surface area (Å²) < 4.78 is 31.3. The van der Waals surface area contributed by atoms with Crippen molar-refractivity contribution in [3.8, 4) is 11.6 Å². The van der Waals surface area contributed by atoms with Crippen molar-refractivity contribution in [3.05, 3.63) is 53.7 Å². The number of aromatic nitrogens is 1. The summed E-state index contributed by atoms with van der Waals surface area (Å²) in [7, 11) is 0. The third kappa shape index (κ3) is 2.42. The van der Waals surface area contributed by atoms with Gasteiger partial charge in [0, 0.05) is 12.3 Å². The number of benzene rings is 1. The van der Waals surface area contributed by atoms with Crippen molar-refractivity contribution in [3.63, 3.8) is 0 Å². The molecule has 0 fully saturated rings. The van der Waals surface area contributed by atoms with Crippen molar-refractivity contribution in [1.82, 2.24) is 4.98 Å². The first-order chi connectivity index (χ1) is 8.58. The molecule has 2 aromatic rings. The molecule has 0 aliphatic heterocycles. The van der Waals surface area contributed by atoms with E-state index in [1.165, 1.54) is 12.3 Å². The van der Waals surface area contributed by atoms with Crippen LogP contribution < -0.4 is 10.5 Å². The summed E-state index contributed by atoms with van der Waals surface area (Å²) in [6, 6.07) is 6.00. The van der Waals surface area contributed by atoms with E-state index >= 15 is 0 Å². The third-order valence-electron chi connectivity index (χ3n) is 2.16. The number of hydrogen-bond acceptors (Lipinski definition) is 3. The fraction of sp³-hybridized carbons (Fsp3) is 0. The molecule has 1 aromatic heterocycles. The van der Waals surface area contributed by atoms with E-state index in [0.29, 0.717) is 6.07 Å². The summed E-state index contributed by atoms with van der Waals surface area (Å²) in [4.78, 5) is 3.86. The Labute approximate surface area is 102 Å². The second-order valence-corrected chi connectivity index (χ2v) is 3.45. The van der Waals surface area contributed by atoms with Crippen LogP contribution in [0.2, 0.25) is 0 Å². The number of nitrogens with two attached hydrogens (primary N) is 1. The van der Waals surface area contributed by atoms with Gasteiger partial charge in [0.15, 0.2) is 11.6 Å². The molecule has 0 spiro atoms. The molecule has 0 saturated heterocycles. The van der Waals surface area contributed by atoms with E-state index in [2.05, 4.69) is 4.98 Å². The van der Waals surface area contributed by atoms with Crippen molar-refractivity contribution in [2.75, 3.05) is 0 Å². The van der Waals surface area contributed by atoms with Gasteiger partial charge in [-0.1, -0.05) is 0 Å². The molecule has 1 aromatic carbocycles. The summed E-state index contributed by atoms with van der Waals surface area (Å²) in [6.45, 7) is 0. The summed E-state index contributed by atoms with van der Waals surface area (Å²) in [5.41, 5.74) is 5.58. The molecule has 4 nitrogen and oxygen atoms in total. The molecule has 6 heteroatoms. The van der Waals surface area contributed by atoms with Gasteiger partial charge in [-0.3, -0.25) is 5.41 Å². The van der Waals surface area contributed by atoms with Gasteiger partial charge >= 0.3 is 0 Å². The van der Waals surface area contributed by atoms with Crippen LogP contribution in [-0.4, -0.2) is 10.8 Å². The van der Waals surface area contributed by atoms with Crippen LogP contribution in [0.25, 0.3) is 0 Å². The van der Waals surface area contributed by atoms with E-state index in [-0.39, 0.29) is 23.0 Å². The standard InChI is InChI=1S/C12H9F2N3O/c13-7-3-4-10(9(14)6-7)18-12-8(11(15)16)2-1-5-17-12/h1-6H,(H3,15,16). The topological polar surface area (TPSA) is 72.0 Å². The zero-order chi connectivity index (χ0) is 13.1. The van der Waals surface area contributed by atoms with Gasteiger partial charge in [0.25, 0.3) is 0 Å². The first-order valence-electron chi connectivity index (χ1n) is 5.00. The van der Waals surface area contributed by atoms with Gasteiger partial charge in [0.1, 0.15) is 11.7 Å². The highest BCUT2D eigenvalue weighted by molar-refractivity contribution is 5.97. The second-order valence-electron chi connectivity index (χ2n) is 3.45. The van der Waals surface area contributed by atoms with E-state index in [9.17, 15) is 8.78 Å². The number of amidine groups is 1. The predicted octanol–water partition coefficient (Wildman–Crippen LogP) is 2.44. The van der Waals surface area contributed by atoms with Crippen LogP contribution in [0.1, 0.15) is 5.56 Å². The molecule has 3 N–H and O–H groups in total. The molecule has 0 saturated carbocycles. The Kier molecular flexibility index (Phi) is 3.18. The minimum Gasteiger partial charge on any atom is -0.435 e. The third-order valence-corrected chi connectivity index (χ3v) is 2.16. The molecule has 0 aliphatic rings. The van der Waals surface area contributed by atoms with Gasteiger partial charge in [-0.2, -0.15) is 0 Å². The second kappa shape index (κ2) is 4.79. The number of ether oxygens (including phenoxy) is 1. The van der Waals surface area contributed by atoms with Crippen molar-refractivity contribution in [2.24, 2.45) is 5.73 Å². The highest BCUT2D eigenvalue weighted by Crippen LogP contribution is 2.25. The monoisotopic (exact) mass is 249 g/mol. The Bertz CT molecular complexity index is 602. The lowest BCUT2D eigenvalue weighted by molar-refractivity contribution is 0.423. The summed E-state index contributed by atoms with van der Waals surface area (Å²) in [5, 5.41) is 7.33. The van der Waals surface area contributed by atoms with Crippen LogP contribution in [0.3, 0.4) is 0 Å². The van der Waals surface area contributed by atoms with E-state index in [0.717, 1.165) is 12.1 Å². The predicted molar refractivity (Wildman–Crippen MR) is 61.7 cm³/mol. The number of pyridine rings is 1. The first-order valence-corrected chi connectivity index (χ1v) is 5.00. The number of rotatable bonds is 3. The smallest absolute Gasteiger partial charge is 0.230 e. The van der Waals surface area contributed by atoms with E-state index in [1.807, 2.05) is 0 Å². The number of nitrogens with zero attached hydrogens (tertiary/aromatic N) is 1. The van der Waals surface area contributed by atoms with Gasteiger partial charge in [-0.15, -0.1) is 0 Å². The van der Waals surface area contributed by atoms with E-state index < -0.39 is 11.6 Å². The van der Waals surface area contributed by atoms with E-state index in [4.69, 9.17) is 15.9 Å². The molecule has 2 rings (SSSR count). The van der Waals surface area contributed by atoms with Crippen LogP contribution in [0.15, 0.2) is 36.5 Å². The number of halogens is 2. The van der Waals surface area contributed by atoms with Crippen LogP contribution >= 0.6 is 0 Å². The zero-order valence-corrected chi connectivity index (χ0v) is 9.15. The maximum Gasteiger partial charge on any atom is 0.230 e. The normalized spacial score (nSPS) is 10.1. The van der Waals surface area contributed by atoms with Gasteiger partial charge < -0.3 is 10.5 Å². The Hall–Kier alpha value is -2.50. The Morgan fingerprint density at radius 2 is 2.06 bits per heavy atom. The lowest BCUT2D eigenvalue weighted by atomic mass is 10.2. The summed E-state index contributed by atoms with van der Waals surface area (Å²) >= 11 is 0. The van der Waals surface area contributed by atoms with E-state index in [1.54, 1.807) is 6.07 Å². The molecule has 0 atom stereocenters. The lowest BCUT2D eigenvalue weighted by Gasteiger charge is -2.09. The van der Waals surface area contributed by atoms with Gasteiger partial charge in [0.2, 0.25) is 5.88 Å². The molecule has 0 amide bonds. The van der Waals surface area contributed by atoms with Crippen molar-refractivity contribution in [1.29, 1.82) is 5.41 Å². The Morgan fingerprint density at radius 3 is 2.72 bits per heavy atom. The Morgan fingerprint density at radius 1 is 1.28 bits per heavy atom. The highest BCUT2D eigenvalue weighted by Gasteiger charge is 2.11. The number of hydrogen-bond donors (Lipinski definition) is 2. The molecular weight excluding hydrogens is 240 g/mol. The fourth-order valence-corrected chi connectivity index (χ4v) is 1.34. The maximum absolute atomic E-state index is 13.4. The highest BCUT2D eigenvalue weighted by atomic mass is 19.1. The summed E-state index contributed by atoms with van der Waals surface area (Å²) in [5.74, 6) is -1.99. The fourth-order valence-electron chi connectivity index (χ4n) is 1.34. The van der Waals surface area contributed by atoms with Crippen molar-refractivity contribution >= 4 is 5.84 Å². The minimum absolute atomic E-state index is 0.00416. The average Bonchev–Trinajstić information content (AvgIpc) is 2.33. The quantitative estimate of drug-likeness (QED) is 0.648. The lowest BCUT2D eigenvalue weighted by Crippen LogP contribution is -2.13. The van der Waals surface area contributed by atoms with Gasteiger partial charge in [-0.05, 0) is 24.3 Å². The molecule has 0 radical (unpaired) electrons. The molecule has 0 bridgehead atoms.